The zero-order valence-corrected chi connectivity index (χ0v) is 18.0. The molecule has 0 saturated carbocycles. The summed E-state index contributed by atoms with van der Waals surface area (Å²) < 4.78 is 11.7. The van der Waals surface area contributed by atoms with E-state index in [2.05, 4.69) is 5.32 Å². The molecule has 4 rings (SSSR count). The Kier molecular flexibility index (Phi) is 6.83. The van der Waals surface area contributed by atoms with Crippen LogP contribution in [0.4, 0.5) is 5.69 Å². The topological polar surface area (TPSA) is 47.6 Å². The van der Waals surface area contributed by atoms with Gasteiger partial charge in [0.15, 0.2) is 0 Å². The number of anilines is 1. The summed E-state index contributed by atoms with van der Waals surface area (Å²) in [7, 11) is 0. The van der Waals surface area contributed by atoms with Crippen molar-refractivity contribution in [2.45, 2.75) is 20.0 Å². The van der Waals surface area contributed by atoms with E-state index >= 15 is 0 Å². The largest absolute Gasteiger partial charge is 0.489 e. The van der Waals surface area contributed by atoms with Crippen LogP contribution in [0.3, 0.4) is 0 Å². The van der Waals surface area contributed by atoms with Crippen molar-refractivity contribution in [3.8, 4) is 17.2 Å². The van der Waals surface area contributed by atoms with Gasteiger partial charge in [0.2, 0.25) is 5.91 Å². The van der Waals surface area contributed by atoms with Crippen LogP contribution >= 0.6 is 0 Å². The zero-order valence-electron chi connectivity index (χ0n) is 18.0. The van der Waals surface area contributed by atoms with Crippen molar-refractivity contribution >= 4 is 11.6 Å². The second-order valence-electron chi connectivity index (χ2n) is 7.53. The number of aryl methyl sites for hydroxylation is 1. The Bertz CT molecular complexity index is 1150. The van der Waals surface area contributed by atoms with Gasteiger partial charge in [0.1, 0.15) is 23.9 Å². The van der Waals surface area contributed by atoms with Crippen LogP contribution in [0.1, 0.15) is 16.7 Å². The molecule has 1 amide bonds. The minimum Gasteiger partial charge on any atom is -0.489 e. The molecule has 0 radical (unpaired) electrons. The van der Waals surface area contributed by atoms with Crippen molar-refractivity contribution in [1.29, 1.82) is 0 Å². The number of carbonyl (C=O) groups is 1. The Hall–Kier alpha value is -4.05. The summed E-state index contributed by atoms with van der Waals surface area (Å²) in [4.78, 5) is 12.3. The van der Waals surface area contributed by atoms with E-state index in [4.69, 9.17) is 9.47 Å². The molecule has 4 heteroatoms. The van der Waals surface area contributed by atoms with Crippen LogP contribution in [0.15, 0.2) is 103 Å². The smallest absolute Gasteiger partial charge is 0.228 e. The van der Waals surface area contributed by atoms with Gasteiger partial charge in [-0.1, -0.05) is 60.7 Å². The van der Waals surface area contributed by atoms with E-state index in [-0.39, 0.29) is 5.91 Å². The summed E-state index contributed by atoms with van der Waals surface area (Å²) in [5.41, 5.74) is 3.93. The van der Waals surface area contributed by atoms with E-state index in [1.807, 2.05) is 110 Å². The average molecular weight is 424 g/mol. The molecule has 0 heterocycles. The molecule has 0 aliphatic rings. The van der Waals surface area contributed by atoms with Crippen molar-refractivity contribution in [3.63, 3.8) is 0 Å². The molecule has 4 nitrogen and oxygen atoms in total. The van der Waals surface area contributed by atoms with E-state index in [1.165, 1.54) is 0 Å². The standard InChI is InChI=1S/C28H25NO3/c1-21-7-5-6-10-27(21)29-28(30)19-22-11-13-25(14-12-22)32-26-17-15-24(16-18-26)31-20-23-8-3-2-4-9-23/h2-18H,19-20H2,1H3,(H,29,30). The molecular weight excluding hydrogens is 398 g/mol. The first kappa shape index (κ1) is 21.2. The molecule has 0 spiro atoms. The van der Waals surface area contributed by atoms with Crippen molar-refractivity contribution in [3.05, 3.63) is 120 Å². The maximum atomic E-state index is 12.3. The average Bonchev–Trinajstić information content (AvgIpc) is 2.82. The van der Waals surface area contributed by atoms with Gasteiger partial charge in [-0.15, -0.1) is 0 Å². The Balaban J connectivity index is 1.28. The summed E-state index contributed by atoms with van der Waals surface area (Å²) in [6.45, 7) is 2.50. The van der Waals surface area contributed by atoms with Crippen LogP contribution < -0.4 is 14.8 Å². The highest BCUT2D eigenvalue weighted by Gasteiger charge is 2.06. The molecule has 0 saturated heterocycles. The highest BCUT2D eigenvalue weighted by Crippen LogP contribution is 2.25. The Morgan fingerprint density at radius 1 is 0.688 bits per heavy atom. The monoisotopic (exact) mass is 423 g/mol. The number of amides is 1. The fourth-order valence-electron chi connectivity index (χ4n) is 3.25. The number of rotatable bonds is 8. The molecule has 1 N–H and O–H groups in total. The number of hydrogen-bond acceptors (Lipinski definition) is 3. The van der Waals surface area contributed by atoms with E-state index in [0.717, 1.165) is 33.9 Å². The molecule has 4 aromatic rings. The van der Waals surface area contributed by atoms with Crippen LogP contribution in [-0.2, 0) is 17.8 Å². The molecular formula is C28H25NO3. The van der Waals surface area contributed by atoms with Gasteiger partial charge in [0, 0.05) is 5.69 Å². The molecule has 0 aliphatic carbocycles. The summed E-state index contributed by atoms with van der Waals surface area (Å²) in [6, 6.07) is 32.9. The summed E-state index contributed by atoms with van der Waals surface area (Å²) in [6.07, 6.45) is 0.308. The fraction of sp³-hybridized carbons (Fsp3) is 0.107. The van der Waals surface area contributed by atoms with Gasteiger partial charge in [-0.2, -0.15) is 0 Å². The lowest BCUT2D eigenvalue weighted by atomic mass is 10.1. The van der Waals surface area contributed by atoms with Crippen LogP contribution in [-0.4, -0.2) is 5.91 Å². The van der Waals surface area contributed by atoms with Crippen LogP contribution in [0, 0.1) is 6.92 Å². The first-order valence-electron chi connectivity index (χ1n) is 10.5. The predicted octanol–water partition coefficient (Wildman–Crippen LogP) is 6.55. The number of carbonyl (C=O) groups excluding carboxylic acids is 1. The van der Waals surface area contributed by atoms with Gasteiger partial charge < -0.3 is 14.8 Å². The summed E-state index contributed by atoms with van der Waals surface area (Å²) >= 11 is 0. The lowest BCUT2D eigenvalue weighted by molar-refractivity contribution is -0.115. The minimum atomic E-state index is -0.0425. The van der Waals surface area contributed by atoms with Crippen LogP contribution in [0.25, 0.3) is 0 Å². The van der Waals surface area contributed by atoms with E-state index < -0.39 is 0 Å². The van der Waals surface area contributed by atoms with Crippen molar-refractivity contribution in [2.75, 3.05) is 5.32 Å². The third-order valence-corrected chi connectivity index (χ3v) is 5.01. The molecule has 0 bridgehead atoms. The van der Waals surface area contributed by atoms with Crippen LogP contribution in [0.2, 0.25) is 0 Å². The first-order chi connectivity index (χ1) is 15.7. The van der Waals surface area contributed by atoms with Gasteiger partial charge in [-0.3, -0.25) is 4.79 Å². The predicted molar refractivity (Wildman–Crippen MR) is 127 cm³/mol. The molecule has 0 fully saturated rings. The van der Waals surface area contributed by atoms with Gasteiger partial charge in [-0.05, 0) is 66.1 Å². The lowest BCUT2D eigenvalue weighted by Crippen LogP contribution is -2.15. The van der Waals surface area contributed by atoms with Gasteiger partial charge >= 0.3 is 0 Å². The van der Waals surface area contributed by atoms with Crippen molar-refractivity contribution < 1.29 is 14.3 Å². The van der Waals surface area contributed by atoms with E-state index in [1.54, 1.807) is 0 Å². The second kappa shape index (κ2) is 10.3. The second-order valence-corrected chi connectivity index (χ2v) is 7.53. The van der Waals surface area contributed by atoms with E-state index in [9.17, 15) is 4.79 Å². The van der Waals surface area contributed by atoms with Crippen LogP contribution in [0.5, 0.6) is 17.2 Å². The number of benzene rings is 4. The van der Waals surface area contributed by atoms with Crippen molar-refractivity contribution in [1.82, 2.24) is 0 Å². The molecule has 0 atom stereocenters. The Morgan fingerprint density at radius 2 is 1.28 bits per heavy atom. The molecule has 160 valence electrons. The third kappa shape index (κ3) is 5.99. The SMILES string of the molecule is Cc1ccccc1NC(=O)Cc1ccc(Oc2ccc(OCc3ccccc3)cc2)cc1. The maximum Gasteiger partial charge on any atom is 0.228 e. The summed E-state index contributed by atoms with van der Waals surface area (Å²) in [5.74, 6) is 2.18. The lowest BCUT2D eigenvalue weighted by Gasteiger charge is -2.10. The summed E-state index contributed by atoms with van der Waals surface area (Å²) in [5, 5.41) is 2.96. The normalized spacial score (nSPS) is 10.4. The number of ether oxygens (including phenoxy) is 2. The molecule has 0 unspecified atom stereocenters. The number of nitrogens with one attached hydrogen (secondary N) is 1. The highest BCUT2D eigenvalue weighted by molar-refractivity contribution is 5.92. The quantitative estimate of drug-likeness (QED) is 0.350. The molecule has 32 heavy (non-hydrogen) atoms. The first-order valence-corrected chi connectivity index (χ1v) is 10.5. The van der Waals surface area contributed by atoms with Gasteiger partial charge in [0.05, 0.1) is 6.42 Å². The Morgan fingerprint density at radius 3 is 1.97 bits per heavy atom. The minimum absolute atomic E-state index is 0.0425. The van der Waals surface area contributed by atoms with Crippen molar-refractivity contribution in [2.24, 2.45) is 0 Å². The Labute approximate surface area is 188 Å². The number of para-hydroxylation sites is 1. The third-order valence-electron chi connectivity index (χ3n) is 5.01. The maximum absolute atomic E-state index is 12.3. The number of hydrogen-bond donors (Lipinski definition) is 1. The molecule has 0 aromatic heterocycles. The molecule has 0 aliphatic heterocycles. The fourth-order valence-corrected chi connectivity index (χ4v) is 3.25. The van der Waals surface area contributed by atoms with Gasteiger partial charge in [0.25, 0.3) is 0 Å². The zero-order chi connectivity index (χ0) is 22.2. The molecule has 4 aromatic carbocycles. The highest BCUT2D eigenvalue weighted by atomic mass is 16.5. The van der Waals surface area contributed by atoms with E-state index in [0.29, 0.717) is 18.8 Å². The van der Waals surface area contributed by atoms with Gasteiger partial charge in [-0.25, -0.2) is 0 Å².